The molecule has 3 nitrogen and oxygen atoms in total. The lowest BCUT2D eigenvalue weighted by Gasteiger charge is -2.20. The molecule has 0 saturated heterocycles. The van der Waals surface area contributed by atoms with Crippen molar-refractivity contribution in [2.24, 2.45) is 5.84 Å². The number of rotatable bonds is 4. The van der Waals surface area contributed by atoms with Gasteiger partial charge >= 0.3 is 0 Å². The Balaban J connectivity index is 2.15. The van der Waals surface area contributed by atoms with Crippen LogP contribution < -0.4 is 11.3 Å². The third-order valence-electron chi connectivity index (χ3n) is 3.48. The van der Waals surface area contributed by atoms with Crippen LogP contribution in [0.25, 0.3) is 0 Å². The summed E-state index contributed by atoms with van der Waals surface area (Å²) < 4.78 is 6.00. The van der Waals surface area contributed by atoms with Gasteiger partial charge in [0.15, 0.2) is 4.67 Å². The molecule has 2 aromatic rings. The number of hydrogen-bond donors (Lipinski definition) is 2. The molecular weight excluding hydrogens is 316 g/mol. The third-order valence-corrected chi connectivity index (χ3v) is 4.13. The Labute approximate surface area is 128 Å². The Kier molecular flexibility index (Phi) is 4.68. The van der Waals surface area contributed by atoms with E-state index >= 15 is 0 Å². The number of nitrogens with two attached hydrogens (primary N) is 1. The summed E-state index contributed by atoms with van der Waals surface area (Å²) in [5.41, 5.74) is 6.64. The molecule has 1 atom stereocenters. The highest BCUT2D eigenvalue weighted by atomic mass is 79.9. The summed E-state index contributed by atoms with van der Waals surface area (Å²) in [5, 5.41) is 0. The molecule has 1 unspecified atom stereocenters. The summed E-state index contributed by atoms with van der Waals surface area (Å²) >= 11 is 3.40. The van der Waals surface area contributed by atoms with Crippen LogP contribution >= 0.6 is 15.9 Å². The van der Waals surface area contributed by atoms with Crippen molar-refractivity contribution in [2.45, 2.75) is 38.6 Å². The number of hydrogen-bond acceptors (Lipinski definition) is 3. The Morgan fingerprint density at radius 1 is 1.20 bits per heavy atom. The van der Waals surface area contributed by atoms with Crippen molar-refractivity contribution in [3.8, 4) is 0 Å². The van der Waals surface area contributed by atoms with E-state index in [-0.39, 0.29) is 11.5 Å². The summed E-state index contributed by atoms with van der Waals surface area (Å²) in [7, 11) is 0. The third kappa shape index (κ3) is 3.51. The van der Waals surface area contributed by atoms with Crippen LogP contribution in [0.5, 0.6) is 0 Å². The molecule has 0 amide bonds. The van der Waals surface area contributed by atoms with Gasteiger partial charge in [-0.25, -0.2) is 0 Å². The van der Waals surface area contributed by atoms with Crippen molar-refractivity contribution < 1.29 is 4.42 Å². The lowest BCUT2D eigenvalue weighted by molar-refractivity contribution is 0.506. The van der Waals surface area contributed by atoms with Gasteiger partial charge in [0, 0.05) is 5.56 Å². The van der Waals surface area contributed by atoms with Gasteiger partial charge in [-0.15, -0.1) is 0 Å². The molecule has 0 bridgehead atoms. The minimum Gasteiger partial charge on any atom is -0.457 e. The van der Waals surface area contributed by atoms with Crippen molar-refractivity contribution in [2.75, 3.05) is 0 Å². The Morgan fingerprint density at radius 3 is 2.30 bits per heavy atom. The van der Waals surface area contributed by atoms with E-state index in [0.717, 1.165) is 16.7 Å². The van der Waals surface area contributed by atoms with Crippen LogP contribution in [0, 0.1) is 0 Å². The molecule has 108 valence electrons. The molecule has 3 N–H and O–H groups in total. The minimum absolute atomic E-state index is 0.0311. The zero-order valence-electron chi connectivity index (χ0n) is 12.1. The van der Waals surface area contributed by atoms with E-state index in [1.54, 1.807) is 6.26 Å². The van der Waals surface area contributed by atoms with Crippen LogP contribution in [0.3, 0.4) is 0 Å². The highest BCUT2D eigenvalue weighted by Gasteiger charge is 2.17. The van der Waals surface area contributed by atoms with Gasteiger partial charge in [0.2, 0.25) is 0 Å². The Morgan fingerprint density at radius 2 is 1.85 bits per heavy atom. The van der Waals surface area contributed by atoms with Crippen LogP contribution in [-0.4, -0.2) is 0 Å². The lowest BCUT2D eigenvalue weighted by Crippen LogP contribution is -2.29. The number of furan rings is 1. The largest absolute Gasteiger partial charge is 0.457 e. The fraction of sp³-hybridized carbons (Fsp3) is 0.375. The van der Waals surface area contributed by atoms with Gasteiger partial charge in [-0.1, -0.05) is 45.0 Å². The molecule has 20 heavy (non-hydrogen) atoms. The molecule has 1 heterocycles. The molecule has 4 heteroatoms. The van der Waals surface area contributed by atoms with Crippen LogP contribution in [0.15, 0.2) is 45.7 Å². The molecule has 1 aromatic heterocycles. The van der Waals surface area contributed by atoms with Crippen LogP contribution in [-0.2, 0) is 11.8 Å². The standard InChI is InChI=1S/C16H21BrN2O/c1-16(2,3)12-6-4-11(5-7-12)10-14(19-18)13-8-9-20-15(13)17/h4-9,14,19H,10,18H2,1-3H3. The van der Waals surface area contributed by atoms with Crippen molar-refractivity contribution in [1.29, 1.82) is 0 Å². The first-order chi connectivity index (χ1) is 9.41. The number of halogens is 1. The van der Waals surface area contributed by atoms with Crippen molar-refractivity contribution >= 4 is 15.9 Å². The van der Waals surface area contributed by atoms with Crippen molar-refractivity contribution in [3.05, 3.63) is 58.0 Å². The molecular formula is C16H21BrN2O. The second-order valence-corrected chi connectivity index (χ2v) is 6.74. The first kappa shape index (κ1) is 15.3. The average Bonchev–Trinajstić information content (AvgIpc) is 2.82. The van der Waals surface area contributed by atoms with Crippen LogP contribution in [0.4, 0.5) is 0 Å². The minimum atomic E-state index is 0.0311. The van der Waals surface area contributed by atoms with Gasteiger partial charge in [0.1, 0.15) is 0 Å². The smallest absolute Gasteiger partial charge is 0.173 e. The van der Waals surface area contributed by atoms with Gasteiger partial charge in [0.25, 0.3) is 0 Å². The highest BCUT2D eigenvalue weighted by Crippen LogP contribution is 2.28. The van der Waals surface area contributed by atoms with Gasteiger partial charge < -0.3 is 4.42 Å². The maximum Gasteiger partial charge on any atom is 0.173 e. The Bertz CT molecular complexity index is 555. The predicted molar refractivity (Wildman–Crippen MR) is 85.3 cm³/mol. The number of nitrogens with one attached hydrogen (secondary N) is 1. The molecule has 0 aliphatic rings. The Hall–Kier alpha value is -1.10. The van der Waals surface area contributed by atoms with E-state index in [4.69, 9.17) is 10.3 Å². The summed E-state index contributed by atoms with van der Waals surface area (Å²) in [5.74, 6) is 5.67. The van der Waals surface area contributed by atoms with Crippen LogP contribution in [0.2, 0.25) is 0 Å². The summed E-state index contributed by atoms with van der Waals surface area (Å²) in [6.45, 7) is 6.65. The molecule has 0 aliphatic heterocycles. The zero-order chi connectivity index (χ0) is 14.8. The molecule has 0 fully saturated rings. The van der Waals surface area contributed by atoms with E-state index in [0.29, 0.717) is 0 Å². The van der Waals surface area contributed by atoms with Crippen LogP contribution in [0.1, 0.15) is 43.5 Å². The van der Waals surface area contributed by atoms with E-state index in [1.165, 1.54) is 11.1 Å². The number of benzene rings is 1. The fourth-order valence-electron chi connectivity index (χ4n) is 2.19. The summed E-state index contributed by atoms with van der Waals surface area (Å²) in [6.07, 6.45) is 2.48. The SMILES string of the molecule is CC(C)(C)c1ccc(CC(NN)c2ccoc2Br)cc1. The molecule has 0 aliphatic carbocycles. The van der Waals surface area contributed by atoms with Gasteiger partial charge in [0.05, 0.1) is 12.3 Å². The van der Waals surface area contributed by atoms with Crippen molar-refractivity contribution in [3.63, 3.8) is 0 Å². The predicted octanol–water partition coefficient (Wildman–Crippen LogP) is 4.09. The first-order valence-electron chi connectivity index (χ1n) is 6.70. The van der Waals surface area contributed by atoms with E-state index in [9.17, 15) is 0 Å². The zero-order valence-corrected chi connectivity index (χ0v) is 13.7. The van der Waals surface area contributed by atoms with Gasteiger partial charge in [-0.05, 0) is 45.0 Å². The highest BCUT2D eigenvalue weighted by molar-refractivity contribution is 9.10. The maximum absolute atomic E-state index is 5.67. The molecule has 1 aromatic carbocycles. The molecule has 2 rings (SSSR count). The fourth-order valence-corrected chi connectivity index (χ4v) is 2.71. The maximum atomic E-state index is 5.67. The van der Waals surface area contributed by atoms with Crippen molar-refractivity contribution in [1.82, 2.24) is 5.43 Å². The topological polar surface area (TPSA) is 51.2 Å². The molecule has 0 spiro atoms. The number of hydrazine groups is 1. The quantitative estimate of drug-likeness (QED) is 0.653. The van der Waals surface area contributed by atoms with Gasteiger partial charge in [-0.2, -0.15) is 0 Å². The van der Waals surface area contributed by atoms with E-state index in [2.05, 4.69) is 66.4 Å². The van der Waals surface area contributed by atoms with E-state index in [1.807, 2.05) is 6.07 Å². The average molecular weight is 337 g/mol. The summed E-state index contributed by atoms with van der Waals surface area (Å²) in [4.78, 5) is 0. The summed E-state index contributed by atoms with van der Waals surface area (Å²) in [6, 6.07) is 10.7. The lowest BCUT2D eigenvalue weighted by atomic mass is 9.86. The molecule has 0 radical (unpaired) electrons. The molecule has 0 saturated carbocycles. The van der Waals surface area contributed by atoms with Gasteiger partial charge in [-0.3, -0.25) is 11.3 Å². The second-order valence-electron chi connectivity index (χ2n) is 6.02. The van der Waals surface area contributed by atoms with E-state index < -0.39 is 0 Å². The first-order valence-corrected chi connectivity index (χ1v) is 7.49. The normalized spacial score (nSPS) is 13.4. The second kappa shape index (κ2) is 6.12. The monoisotopic (exact) mass is 336 g/mol.